The summed E-state index contributed by atoms with van der Waals surface area (Å²) in [5.41, 5.74) is 4.69. The molecular formula is C36H54O11. The van der Waals surface area contributed by atoms with Crippen LogP contribution in [0.1, 0.15) is 39.5 Å². The summed E-state index contributed by atoms with van der Waals surface area (Å²) in [6, 6.07) is 0. The highest BCUT2D eigenvalue weighted by Gasteiger charge is 2.07. The van der Waals surface area contributed by atoms with Crippen molar-refractivity contribution in [2.75, 3.05) is 106 Å². The van der Waals surface area contributed by atoms with Crippen LogP contribution in [0.2, 0.25) is 0 Å². The lowest BCUT2D eigenvalue weighted by atomic mass is 10.1. The summed E-state index contributed by atoms with van der Waals surface area (Å²) in [4.78, 5) is 23.7. The lowest BCUT2D eigenvalue weighted by molar-refractivity contribution is -0.146. The van der Waals surface area contributed by atoms with Gasteiger partial charge in [-0.2, -0.15) is 0 Å². The van der Waals surface area contributed by atoms with Crippen LogP contribution >= 0.6 is 0 Å². The first kappa shape index (κ1) is 40.3. The molecule has 0 bridgehead atoms. The first-order valence-electron chi connectivity index (χ1n) is 16.5. The second-order valence-corrected chi connectivity index (χ2v) is 10.6. The fraction of sp³-hybridized carbons (Fsp3) is 0.611. The Morgan fingerprint density at radius 3 is 0.872 bits per heavy atom. The molecule has 0 atom stereocenters. The molecule has 0 unspecified atom stereocenters. The molecule has 0 aromatic carbocycles. The number of carbonyl (C=O) groups excluding carboxylic acids is 2. The van der Waals surface area contributed by atoms with Gasteiger partial charge in [-0.05, 0) is 37.8 Å². The number of rotatable bonds is 30. The molecule has 0 heterocycles. The van der Waals surface area contributed by atoms with Crippen LogP contribution in [0.4, 0.5) is 0 Å². The van der Waals surface area contributed by atoms with Gasteiger partial charge >= 0.3 is 11.9 Å². The van der Waals surface area contributed by atoms with Gasteiger partial charge in [0.25, 0.3) is 0 Å². The number of esters is 2. The van der Waals surface area contributed by atoms with Crippen molar-refractivity contribution in [1.82, 2.24) is 0 Å². The minimum Gasteiger partial charge on any atom is -0.463 e. The van der Waals surface area contributed by atoms with Crippen molar-refractivity contribution >= 4 is 11.9 Å². The van der Waals surface area contributed by atoms with Gasteiger partial charge in [0.2, 0.25) is 0 Å². The average Bonchev–Trinajstić information content (AvgIpc) is 3.82. The number of carbonyl (C=O) groups is 2. The van der Waals surface area contributed by atoms with Gasteiger partial charge in [0.15, 0.2) is 0 Å². The van der Waals surface area contributed by atoms with Crippen molar-refractivity contribution in [2.24, 2.45) is 0 Å². The van der Waals surface area contributed by atoms with E-state index < -0.39 is 0 Å². The molecule has 47 heavy (non-hydrogen) atoms. The minimum absolute atomic E-state index is 0.215. The van der Waals surface area contributed by atoms with Crippen LogP contribution in [-0.4, -0.2) is 118 Å². The smallest absolute Gasteiger partial charge is 0.306 e. The molecule has 264 valence electrons. The van der Waals surface area contributed by atoms with Gasteiger partial charge in [0, 0.05) is 12.8 Å². The monoisotopic (exact) mass is 662 g/mol. The number of ether oxygens (including phenoxy) is 9. The molecule has 0 N–H and O–H groups in total. The van der Waals surface area contributed by atoms with Crippen LogP contribution < -0.4 is 0 Å². The Morgan fingerprint density at radius 1 is 0.383 bits per heavy atom. The molecule has 0 spiro atoms. The maximum absolute atomic E-state index is 11.8. The van der Waals surface area contributed by atoms with E-state index in [1.54, 1.807) is 0 Å². The molecule has 2 rings (SSSR count). The zero-order chi connectivity index (χ0) is 33.6. The van der Waals surface area contributed by atoms with Crippen LogP contribution in [0.3, 0.4) is 0 Å². The Balaban J connectivity index is 1.20. The van der Waals surface area contributed by atoms with Gasteiger partial charge in [0.05, 0.1) is 92.5 Å². The quantitative estimate of drug-likeness (QED) is 0.0792. The summed E-state index contributed by atoms with van der Waals surface area (Å²) in [7, 11) is 0. The molecule has 0 aliphatic heterocycles. The molecule has 0 fully saturated rings. The highest BCUT2D eigenvalue weighted by molar-refractivity contribution is 5.70. The summed E-state index contributed by atoms with van der Waals surface area (Å²) >= 11 is 0. The van der Waals surface area contributed by atoms with Gasteiger partial charge in [0.1, 0.15) is 13.2 Å². The Kier molecular flexibility index (Phi) is 24.1. The first-order valence-corrected chi connectivity index (χ1v) is 16.5. The predicted molar refractivity (Wildman–Crippen MR) is 178 cm³/mol. The lowest BCUT2D eigenvalue weighted by Gasteiger charge is -2.09. The van der Waals surface area contributed by atoms with Crippen molar-refractivity contribution in [3.63, 3.8) is 0 Å². The third kappa shape index (κ3) is 22.3. The fourth-order valence-corrected chi connectivity index (χ4v) is 4.18. The maximum atomic E-state index is 11.8. The standard InChI is InChI=1S/C36H54O11/c1-31(33-7-3-4-8-33)11-13-35(37)46-29-27-44-25-23-42-21-19-40-17-15-39-16-18-41-20-22-43-24-26-45-28-30-47-36(38)14-12-32(2)34-9-5-6-10-34/h3-10H,11-30H2,1-2H3. The summed E-state index contributed by atoms with van der Waals surface area (Å²) in [5, 5.41) is 0. The molecular weight excluding hydrogens is 608 g/mol. The van der Waals surface area contributed by atoms with Gasteiger partial charge in [-0.15, -0.1) is 0 Å². The summed E-state index contributed by atoms with van der Waals surface area (Å²) < 4.78 is 48.6. The van der Waals surface area contributed by atoms with Crippen LogP contribution in [-0.2, 0) is 52.2 Å². The topological polar surface area (TPSA) is 117 Å². The molecule has 2 aliphatic carbocycles. The van der Waals surface area contributed by atoms with Crippen molar-refractivity contribution in [2.45, 2.75) is 39.5 Å². The number of hydrogen-bond donors (Lipinski definition) is 0. The molecule has 0 aromatic heterocycles. The molecule has 0 radical (unpaired) electrons. The molecule has 2 aliphatic rings. The Hall–Kier alpha value is -2.90. The largest absolute Gasteiger partial charge is 0.463 e. The van der Waals surface area contributed by atoms with Gasteiger partial charge < -0.3 is 42.6 Å². The predicted octanol–water partition coefficient (Wildman–Crippen LogP) is 4.63. The van der Waals surface area contributed by atoms with Gasteiger partial charge in [-0.25, -0.2) is 0 Å². The van der Waals surface area contributed by atoms with E-state index in [2.05, 4.69) is 0 Å². The van der Waals surface area contributed by atoms with Crippen LogP contribution in [0, 0.1) is 0 Å². The molecule has 0 amide bonds. The highest BCUT2D eigenvalue weighted by atomic mass is 16.6. The Labute approximate surface area is 280 Å². The van der Waals surface area contributed by atoms with Crippen molar-refractivity contribution in [3.05, 3.63) is 70.9 Å². The number of allylic oxidation sites excluding steroid dienone is 12. The van der Waals surface area contributed by atoms with Crippen molar-refractivity contribution < 1.29 is 52.2 Å². The van der Waals surface area contributed by atoms with E-state index in [9.17, 15) is 9.59 Å². The Bertz CT molecular complexity index is 945. The third-order valence-electron chi connectivity index (χ3n) is 6.93. The van der Waals surface area contributed by atoms with Crippen molar-refractivity contribution in [3.8, 4) is 0 Å². The van der Waals surface area contributed by atoms with E-state index in [4.69, 9.17) is 42.6 Å². The zero-order valence-electron chi connectivity index (χ0n) is 28.3. The van der Waals surface area contributed by atoms with Crippen LogP contribution in [0.15, 0.2) is 70.9 Å². The van der Waals surface area contributed by atoms with E-state index in [1.807, 2.05) is 62.5 Å². The van der Waals surface area contributed by atoms with E-state index in [0.29, 0.717) is 118 Å². The molecule has 0 saturated heterocycles. The second-order valence-electron chi connectivity index (χ2n) is 10.6. The van der Waals surface area contributed by atoms with Crippen molar-refractivity contribution in [1.29, 1.82) is 0 Å². The Morgan fingerprint density at radius 2 is 0.617 bits per heavy atom. The molecule has 0 saturated carbocycles. The zero-order valence-corrected chi connectivity index (χ0v) is 28.3. The summed E-state index contributed by atoms with van der Waals surface area (Å²) in [5.74, 6) is -0.431. The minimum atomic E-state index is -0.215. The molecule has 11 nitrogen and oxygen atoms in total. The second kappa shape index (κ2) is 28.1. The lowest BCUT2D eigenvalue weighted by Crippen LogP contribution is -2.15. The van der Waals surface area contributed by atoms with E-state index >= 15 is 0 Å². The van der Waals surface area contributed by atoms with E-state index in [-0.39, 0.29) is 25.2 Å². The first-order chi connectivity index (χ1) is 23.1. The van der Waals surface area contributed by atoms with Gasteiger partial charge in [-0.3, -0.25) is 9.59 Å². The van der Waals surface area contributed by atoms with Crippen LogP contribution in [0.5, 0.6) is 0 Å². The number of hydrogen-bond acceptors (Lipinski definition) is 11. The molecule has 0 aromatic rings. The fourth-order valence-electron chi connectivity index (χ4n) is 4.18. The summed E-state index contributed by atoms with van der Waals surface area (Å²) in [6.45, 7) is 10.8. The maximum Gasteiger partial charge on any atom is 0.306 e. The molecule has 11 heteroatoms. The SMILES string of the molecule is CC(CCC(=O)OCCOCCOCCOCCOCCOCCOCCOCCOC(=O)CCC(C)=C1C=CC=C1)=C1C=CC=C1. The van der Waals surface area contributed by atoms with Crippen LogP contribution in [0.25, 0.3) is 0 Å². The normalized spacial score (nSPS) is 13.2. The average molecular weight is 663 g/mol. The highest BCUT2D eigenvalue weighted by Crippen LogP contribution is 2.18. The summed E-state index contributed by atoms with van der Waals surface area (Å²) in [6.07, 6.45) is 18.2. The third-order valence-corrected chi connectivity index (χ3v) is 6.93. The van der Waals surface area contributed by atoms with E-state index in [1.165, 1.54) is 22.3 Å². The van der Waals surface area contributed by atoms with E-state index in [0.717, 1.165) is 0 Å². The van der Waals surface area contributed by atoms with Gasteiger partial charge in [-0.1, -0.05) is 59.8 Å².